The number of rotatable bonds is 9. The van der Waals surface area contributed by atoms with Crippen molar-refractivity contribution in [3.63, 3.8) is 0 Å². The van der Waals surface area contributed by atoms with E-state index in [1.807, 2.05) is 18.3 Å². The van der Waals surface area contributed by atoms with Crippen molar-refractivity contribution in [2.24, 2.45) is 0 Å². The number of phenolic OH excluding ortho intramolecular Hbond substituents is 3. The molecule has 1 aromatic heterocycles. The zero-order valence-electron chi connectivity index (χ0n) is 19.5. The fourth-order valence-electron chi connectivity index (χ4n) is 4.96. The quantitative estimate of drug-likeness (QED) is 0.255. The third-order valence-corrected chi connectivity index (χ3v) is 6.69. The van der Waals surface area contributed by atoms with Crippen LogP contribution in [0.5, 0.6) is 23.0 Å². The summed E-state index contributed by atoms with van der Waals surface area (Å²) >= 11 is 0. The number of pyridine rings is 1. The zero-order valence-corrected chi connectivity index (χ0v) is 20.3. The molecule has 0 bridgehead atoms. The van der Waals surface area contributed by atoms with Gasteiger partial charge in [0.25, 0.3) is 0 Å². The van der Waals surface area contributed by atoms with Gasteiger partial charge in [-0.3, -0.25) is 0 Å². The van der Waals surface area contributed by atoms with Gasteiger partial charge in [0.2, 0.25) is 5.69 Å². The first-order chi connectivity index (χ1) is 15.5. The first-order valence-electron chi connectivity index (χ1n) is 11.8. The third-order valence-electron chi connectivity index (χ3n) is 6.69. The summed E-state index contributed by atoms with van der Waals surface area (Å²) in [6.45, 7) is 2.99. The number of hydrogen-bond acceptors (Lipinski definition) is 4. The second-order valence-electron chi connectivity index (χ2n) is 8.85. The van der Waals surface area contributed by atoms with Crippen LogP contribution in [0.2, 0.25) is 0 Å². The molecule has 3 aromatic rings. The molecule has 0 aliphatic carbocycles. The average Bonchev–Trinajstić information content (AvgIpc) is 2.79. The molecule has 178 valence electrons. The van der Waals surface area contributed by atoms with Crippen molar-refractivity contribution < 1.29 is 37.0 Å². The van der Waals surface area contributed by atoms with Crippen LogP contribution in [0.1, 0.15) is 63.0 Å². The molecule has 0 amide bonds. The molecule has 2 heterocycles. The molecule has 33 heavy (non-hydrogen) atoms. The van der Waals surface area contributed by atoms with Gasteiger partial charge >= 0.3 is 0 Å². The second-order valence-corrected chi connectivity index (χ2v) is 8.85. The fraction of sp³-hybridized carbons (Fsp3) is 0.444. The summed E-state index contributed by atoms with van der Waals surface area (Å²) in [5.41, 5.74) is 4.25. The van der Waals surface area contributed by atoms with Crippen molar-refractivity contribution in [2.75, 3.05) is 7.11 Å². The number of aryl methyl sites for hydroxylation is 3. The third kappa shape index (κ3) is 4.98. The molecule has 4 rings (SSSR count). The van der Waals surface area contributed by atoms with Crippen LogP contribution in [-0.2, 0) is 19.4 Å². The van der Waals surface area contributed by atoms with Crippen molar-refractivity contribution >= 4 is 10.8 Å². The predicted molar refractivity (Wildman–Crippen MR) is 127 cm³/mol. The van der Waals surface area contributed by atoms with Crippen LogP contribution in [0.3, 0.4) is 0 Å². The van der Waals surface area contributed by atoms with Crippen molar-refractivity contribution in [3.05, 3.63) is 41.6 Å². The van der Waals surface area contributed by atoms with E-state index >= 15 is 0 Å². The highest BCUT2D eigenvalue weighted by atomic mass is 35.5. The topological polar surface area (TPSA) is 73.8 Å². The molecule has 0 unspecified atom stereocenters. The fourth-order valence-corrected chi connectivity index (χ4v) is 4.96. The van der Waals surface area contributed by atoms with E-state index < -0.39 is 0 Å². The lowest BCUT2D eigenvalue weighted by molar-refractivity contribution is -0.686. The normalized spacial score (nSPS) is 12.2. The van der Waals surface area contributed by atoms with Gasteiger partial charge in [-0.05, 0) is 42.7 Å². The van der Waals surface area contributed by atoms with Crippen molar-refractivity contribution in [1.29, 1.82) is 0 Å². The van der Waals surface area contributed by atoms with Crippen molar-refractivity contribution in [1.82, 2.24) is 0 Å². The van der Waals surface area contributed by atoms with Gasteiger partial charge in [0.15, 0.2) is 35.7 Å². The molecule has 5 nitrogen and oxygen atoms in total. The van der Waals surface area contributed by atoms with Crippen LogP contribution >= 0.6 is 0 Å². The molecular weight excluding hydrogens is 438 g/mol. The Labute approximate surface area is 202 Å². The Morgan fingerprint density at radius 3 is 2.33 bits per heavy atom. The van der Waals surface area contributed by atoms with Gasteiger partial charge in [-0.2, -0.15) is 4.57 Å². The SMILES string of the molecule is CCCCCCCCCc1c2[n+](cc3c(O)c(OC)ccc13)CCc1cc(O)c(O)cc1-2.[Cl-]. The van der Waals surface area contributed by atoms with E-state index in [1.54, 1.807) is 19.2 Å². The number of benzene rings is 2. The minimum atomic E-state index is -0.100. The Kier molecular flexibility index (Phi) is 8.30. The number of methoxy groups -OCH3 is 1. The van der Waals surface area contributed by atoms with Crippen molar-refractivity contribution in [3.8, 4) is 34.3 Å². The number of halogens is 1. The van der Waals surface area contributed by atoms with Crippen LogP contribution < -0.4 is 21.7 Å². The van der Waals surface area contributed by atoms with Crippen LogP contribution in [0.15, 0.2) is 30.5 Å². The summed E-state index contributed by atoms with van der Waals surface area (Å²) in [5.74, 6) is 0.463. The van der Waals surface area contributed by atoms with Crippen LogP contribution in [0.25, 0.3) is 22.0 Å². The van der Waals surface area contributed by atoms with Crippen LogP contribution in [-0.4, -0.2) is 22.4 Å². The van der Waals surface area contributed by atoms with Gasteiger partial charge in [0.1, 0.15) is 0 Å². The number of phenols is 3. The molecule has 0 radical (unpaired) electrons. The average molecular weight is 472 g/mol. The Morgan fingerprint density at radius 1 is 0.909 bits per heavy atom. The summed E-state index contributed by atoms with van der Waals surface area (Å²) in [5, 5.41) is 32.9. The van der Waals surface area contributed by atoms with Crippen molar-refractivity contribution in [2.45, 2.75) is 71.3 Å². The predicted octanol–water partition coefficient (Wildman–Crippen LogP) is 2.77. The maximum Gasteiger partial charge on any atom is 0.216 e. The Balaban J connectivity index is 0.00000306. The summed E-state index contributed by atoms with van der Waals surface area (Å²) in [7, 11) is 1.57. The van der Waals surface area contributed by atoms with E-state index in [0.29, 0.717) is 5.75 Å². The van der Waals surface area contributed by atoms with Gasteiger partial charge in [-0.1, -0.05) is 45.4 Å². The molecule has 0 saturated heterocycles. The monoisotopic (exact) mass is 471 g/mol. The number of aromatic hydroxyl groups is 3. The largest absolute Gasteiger partial charge is 1.00 e. The van der Waals surface area contributed by atoms with Crippen LogP contribution in [0.4, 0.5) is 0 Å². The molecular formula is C27H34ClNO4. The summed E-state index contributed by atoms with van der Waals surface area (Å²) in [4.78, 5) is 0. The highest BCUT2D eigenvalue weighted by Crippen LogP contribution is 2.42. The molecule has 6 heteroatoms. The summed E-state index contributed by atoms with van der Waals surface area (Å²) in [6.07, 6.45) is 12.3. The molecule has 0 atom stereocenters. The Bertz CT molecular complexity index is 1130. The molecule has 0 spiro atoms. The van der Waals surface area contributed by atoms with Gasteiger partial charge in [-0.25, -0.2) is 0 Å². The van der Waals surface area contributed by atoms with E-state index in [2.05, 4.69) is 11.5 Å². The lowest BCUT2D eigenvalue weighted by Gasteiger charge is -2.20. The molecule has 3 N–H and O–H groups in total. The zero-order chi connectivity index (χ0) is 22.7. The smallest absolute Gasteiger partial charge is 0.216 e. The van der Waals surface area contributed by atoms with Gasteiger partial charge < -0.3 is 32.5 Å². The lowest BCUT2D eigenvalue weighted by atomic mass is 9.89. The molecule has 0 fully saturated rings. The maximum atomic E-state index is 10.8. The van der Waals surface area contributed by atoms with E-state index in [4.69, 9.17) is 4.74 Å². The minimum absolute atomic E-state index is 0. The maximum absolute atomic E-state index is 10.8. The molecule has 1 aliphatic rings. The number of unbranched alkanes of at least 4 members (excludes halogenated alkanes) is 6. The minimum Gasteiger partial charge on any atom is -1.00 e. The number of ether oxygens (including phenoxy) is 1. The summed E-state index contributed by atoms with van der Waals surface area (Å²) < 4.78 is 7.52. The van der Waals surface area contributed by atoms with Gasteiger partial charge in [-0.15, -0.1) is 0 Å². The van der Waals surface area contributed by atoms with Gasteiger partial charge in [0.05, 0.1) is 18.1 Å². The van der Waals surface area contributed by atoms with Crippen LogP contribution in [0, 0.1) is 0 Å². The number of aromatic nitrogens is 1. The number of fused-ring (bicyclic) bond motifs is 4. The summed E-state index contributed by atoms with van der Waals surface area (Å²) in [6, 6.07) is 7.21. The number of nitrogens with zero attached hydrogens (tertiary/aromatic N) is 1. The molecule has 2 aromatic carbocycles. The van der Waals surface area contributed by atoms with E-state index in [-0.39, 0.29) is 29.7 Å². The Hall–Kier alpha value is -2.66. The highest BCUT2D eigenvalue weighted by molar-refractivity contribution is 5.94. The van der Waals surface area contributed by atoms with E-state index in [9.17, 15) is 15.3 Å². The highest BCUT2D eigenvalue weighted by Gasteiger charge is 2.30. The first-order valence-corrected chi connectivity index (χ1v) is 11.8. The second kappa shape index (κ2) is 11.0. The standard InChI is InChI=1S/C27H33NO4.ClH/c1-3-4-5-6-7-8-9-10-20-19-11-12-25(32-2)27(31)22(19)17-28-14-13-18-15-23(29)24(30)16-21(18)26(20)28;/h11-12,15-17H,3-10,13-14H2,1-2H3,(H2,29,30,31);1H. The molecule has 1 aliphatic heterocycles. The van der Waals surface area contributed by atoms with E-state index in [0.717, 1.165) is 53.4 Å². The Morgan fingerprint density at radius 2 is 1.61 bits per heavy atom. The first kappa shape index (κ1) is 25.0. The van der Waals surface area contributed by atoms with Gasteiger partial charge in [0, 0.05) is 17.4 Å². The lowest BCUT2D eigenvalue weighted by Crippen LogP contribution is -3.00. The van der Waals surface area contributed by atoms with E-state index in [1.165, 1.54) is 44.1 Å². The number of hydrogen-bond donors (Lipinski definition) is 3. The molecule has 0 saturated carbocycles.